The molecule has 0 fully saturated rings. The van der Waals surface area contributed by atoms with Crippen molar-refractivity contribution in [2.24, 2.45) is 0 Å². The maximum atomic E-state index is 13.4. The Bertz CT molecular complexity index is 1080. The van der Waals surface area contributed by atoms with E-state index in [4.69, 9.17) is 23.2 Å². The summed E-state index contributed by atoms with van der Waals surface area (Å²) >= 11 is 12.5. The lowest BCUT2D eigenvalue weighted by Crippen LogP contribution is -2.51. The molecule has 0 radical (unpaired) electrons. The molecule has 0 spiro atoms. The highest BCUT2D eigenvalue weighted by atomic mass is 35.5. The van der Waals surface area contributed by atoms with Gasteiger partial charge in [0, 0.05) is 28.7 Å². The number of hydrogen-bond donors (Lipinski definition) is 1. The number of rotatable bonds is 10. The van der Waals surface area contributed by atoms with E-state index in [1.165, 1.54) is 24.0 Å². The van der Waals surface area contributed by atoms with Crippen LogP contribution in [0.15, 0.2) is 42.5 Å². The van der Waals surface area contributed by atoms with Crippen LogP contribution in [-0.4, -0.2) is 50.5 Å². The van der Waals surface area contributed by atoms with E-state index in [9.17, 15) is 22.4 Å². The first-order valence-electron chi connectivity index (χ1n) is 10.2. The maximum absolute atomic E-state index is 13.4. The zero-order valence-corrected chi connectivity index (χ0v) is 20.8. The summed E-state index contributed by atoms with van der Waals surface area (Å²) in [6.45, 7) is 3.14. The van der Waals surface area contributed by atoms with Crippen LogP contribution in [0.4, 0.5) is 10.1 Å². The maximum Gasteiger partial charge on any atom is 0.244 e. The Morgan fingerprint density at radius 2 is 1.67 bits per heavy atom. The van der Waals surface area contributed by atoms with Gasteiger partial charge in [0.1, 0.15) is 18.4 Å². The van der Waals surface area contributed by atoms with E-state index >= 15 is 0 Å². The summed E-state index contributed by atoms with van der Waals surface area (Å²) in [6.07, 6.45) is 1.64. The van der Waals surface area contributed by atoms with Crippen LogP contribution in [0.3, 0.4) is 0 Å². The number of amides is 2. The highest BCUT2D eigenvalue weighted by Crippen LogP contribution is 2.27. The molecule has 1 atom stereocenters. The third kappa shape index (κ3) is 7.31. The van der Waals surface area contributed by atoms with Gasteiger partial charge in [0.25, 0.3) is 0 Å². The third-order valence-corrected chi connectivity index (χ3v) is 6.75. The van der Waals surface area contributed by atoms with Gasteiger partial charge in [-0.2, -0.15) is 0 Å². The van der Waals surface area contributed by atoms with E-state index in [1.807, 2.05) is 6.92 Å². The van der Waals surface area contributed by atoms with Gasteiger partial charge in [0.05, 0.1) is 11.9 Å². The predicted molar refractivity (Wildman–Crippen MR) is 128 cm³/mol. The van der Waals surface area contributed by atoms with Crippen molar-refractivity contribution in [3.05, 3.63) is 63.9 Å². The minimum Gasteiger partial charge on any atom is -0.354 e. The Hall–Kier alpha value is -2.36. The lowest BCUT2D eigenvalue weighted by molar-refractivity contribution is -0.139. The molecular weight excluding hydrogens is 492 g/mol. The summed E-state index contributed by atoms with van der Waals surface area (Å²) in [4.78, 5) is 27.2. The van der Waals surface area contributed by atoms with Gasteiger partial charge in [0.2, 0.25) is 21.8 Å². The van der Waals surface area contributed by atoms with Gasteiger partial charge < -0.3 is 10.2 Å². The first kappa shape index (κ1) is 26.9. The molecule has 0 saturated heterocycles. The molecule has 0 heterocycles. The summed E-state index contributed by atoms with van der Waals surface area (Å²) in [5.41, 5.74) is 0.545. The summed E-state index contributed by atoms with van der Waals surface area (Å²) < 4.78 is 39.0. The molecule has 0 aliphatic carbocycles. The summed E-state index contributed by atoms with van der Waals surface area (Å²) in [7, 11) is -3.90. The molecule has 2 rings (SSSR count). The molecule has 180 valence electrons. The van der Waals surface area contributed by atoms with Crippen molar-refractivity contribution in [1.82, 2.24) is 10.2 Å². The van der Waals surface area contributed by atoms with Crippen molar-refractivity contribution in [3.63, 3.8) is 0 Å². The summed E-state index contributed by atoms with van der Waals surface area (Å²) in [5, 5.41) is 3.34. The third-order valence-electron chi connectivity index (χ3n) is 4.90. The molecule has 2 aromatic carbocycles. The molecule has 11 heteroatoms. The van der Waals surface area contributed by atoms with Gasteiger partial charge >= 0.3 is 0 Å². The molecule has 33 heavy (non-hydrogen) atoms. The minimum atomic E-state index is -3.90. The average molecular weight is 518 g/mol. The van der Waals surface area contributed by atoms with E-state index in [1.54, 1.807) is 18.2 Å². The summed E-state index contributed by atoms with van der Waals surface area (Å²) in [6, 6.07) is 8.64. The fourth-order valence-corrected chi connectivity index (χ4v) is 4.42. The van der Waals surface area contributed by atoms with E-state index < -0.39 is 40.2 Å². The number of carbonyl (C=O) groups is 2. The van der Waals surface area contributed by atoms with Gasteiger partial charge in [0.15, 0.2) is 0 Å². The molecule has 2 aromatic rings. The molecule has 1 unspecified atom stereocenters. The Kier molecular flexibility index (Phi) is 9.51. The normalized spacial score (nSPS) is 12.2. The van der Waals surface area contributed by atoms with Crippen LogP contribution in [0.1, 0.15) is 25.8 Å². The second kappa shape index (κ2) is 11.7. The zero-order chi connectivity index (χ0) is 24.8. The summed E-state index contributed by atoms with van der Waals surface area (Å²) in [5.74, 6) is -1.60. The van der Waals surface area contributed by atoms with Crippen LogP contribution in [-0.2, 0) is 26.2 Å². The van der Waals surface area contributed by atoms with Gasteiger partial charge in [-0.1, -0.05) is 36.2 Å². The zero-order valence-electron chi connectivity index (χ0n) is 18.5. The number of nitrogens with one attached hydrogen (secondary N) is 1. The minimum absolute atomic E-state index is 0.112. The van der Waals surface area contributed by atoms with Crippen molar-refractivity contribution >= 4 is 50.7 Å². The number of anilines is 1. The standard InChI is InChI=1S/C22H26Cl2FN3O4S/c1-4-12-26-22(30)15(2)27(13-18-19(23)6-5-7-20(18)24)21(29)14-28(33(3,31)32)17-10-8-16(25)9-11-17/h5-11,15H,4,12-14H2,1-3H3,(H,26,30). The fourth-order valence-electron chi connectivity index (χ4n) is 3.05. The van der Waals surface area contributed by atoms with E-state index in [-0.39, 0.29) is 12.2 Å². The van der Waals surface area contributed by atoms with Crippen molar-refractivity contribution < 1.29 is 22.4 Å². The van der Waals surface area contributed by atoms with Gasteiger partial charge in [-0.3, -0.25) is 13.9 Å². The highest BCUT2D eigenvalue weighted by molar-refractivity contribution is 7.92. The number of hydrogen-bond acceptors (Lipinski definition) is 4. The Labute approximate surface area is 203 Å². The van der Waals surface area contributed by atoms with Crippen LogP contribution in [0.2, 0.25) is 10.0 Å². The number of sulfonamides is 1. The van der Waals surface area contributed by atoms with Gasteiger partial charge in [-0.15, -0.1) is 0 Å². The van der Waals surface area contributed by atoms with Crippen LogP contribution >= 0.6 is 23.2 Å². The molecule has 2 amide bonds. The van der Waals surface area contributed by atoms with Crippen molar-refractivity contribution in [1.29, 1.82) is 0 Å². The van der Waals surface area contributed by atoms with Crippen LogP contribution in [0.5, 0.6) is 0 Å². The quantitative estimate of drug-likeness (QED) is 0.518. The van der Waals surface area contributed by atoms with Crippen LogP contribution in [0, 0.1) is 5.82 Å². The molecule has 0 bridgehead atoms. The van der Waals surface area contributed by atoms with E-state index in [0.29, 0.717) is 28.6 Å². The lowest BCUT2D eigenvalue weighted by atomic mass is 10.1. The molecule has 1 N–H and O–H groups in total. The lowest BCUT2D eigenvalue weighted by Gasteiger charge is -2.32. The largest absolute Gasteiger partial charge is 0.354 e. The predicted octanol–water partition coefficient (Wildman–Crippen LogP) is 3.84. The second-order valence-corrected chi connectivity index (χ2v) is 10.2. The fraction of sp³-hybridized carbons (Fsp3) is 0.364. The number of nitrogens with zero attached hydrogens (tertiary/aromatic N) is 2. The van der Waals surface area contributed by atoms with Gasteiger partial charge in [-0.05, 0) is 49.7 Å². The second-order valence-electron chi connectivity index (χ2n) is 7.43. The van der Waals surface area contributed by atoms with E-state index in [0.717, 1.165) is 22.7 Å². The molecular formula is C22H26Cl2FN3O4S. The van der Waals surface area contributed by atoms with Crippen LogP contribution < -0.4 is 9.62 Å². The Morgan fingerprint density at radius 3 is 2.18 bits per heavy atom. The van der Waals surface area contributed by atoms with Crippen molar-refractivity contribution in [3.8, 4) is 0 Å². The molecule has 0 aromatic heterocycles. The average Bonchev–Trinajstić information content (AvgIpc) is 2.75. The van der Waals surface area contributed by atoms with Gasteiger partial charge in [-0.25, -0.2) is 12.8 Å². The smallest absolute Gasteiger partial charge is 0.244 e. The van der Waals surface area contributed by atoms with Crippen molar-refractivity contribution in [2.75, 3.05) is 23.7 Å². The Balaban J connectivity index is 2.42. The first-order chi connectivity index (χ1) is 15.5. The first-order valence-corrected chi connectivity index (χ1v) is 12.8. The highest BCUT2D eigenvalue weighted by Gasteiger charge is 2.30. The SMILES string of the molecule is CCCNC(=O)C(C)N(Cc1c(Cl)cccc1Cl)C(=O)CN(c1ccc(F)cc1)S(C)(=O)=O. The monoisotopic (exact) mass is 517 g/mol. The molecule has 7 nitrogen and oxygen atoms in total. The Morgan fingerprint density at radius 1 is 1.09 bits per heavy atom. The molecule has 0 aliphatic rings. The molecule has 0 aliphatic heterocycles. The topological polar surface area (TPSA) is 86.8 Å². The molecule has 0 saturated carbocycles. The van der Waals surface area contributed by atoms with Crippen LogP contribution in [0.25, 0.3) is 0 Å². The number of carbonyl (C=O) groups excluding carboxylic acids is 2. The number of benzene rings is 2. The number of halogens is 3. The van der Waals surface area contributed by atoms with E-state index in [2.05, 4.69) is 5.32 Å². The van der Waals surface area contributed by atoms with Crippen molar-refractivity contribution in [2.45, 2.75) is 32.9 Å².